The molecule has 2 aromatic rings. The van der Waals surface area contributed by atoms with Gasteiger partial charge in [-0.15, -0.1) is 0 Å². The van der Waals surface area contributed by atoms with Crippen molar-refractivity contribution < 1.29 is 10.0 Å². The van der Waals surface area contributed by atoms with Crippen LogP contribution in [0, 0.1) is 5.41 Å². The zero-order valence-electron chi connectivity index (χ0n) is 13.8. The number of rotatable bonds is 5. The minimum atomic E-state index is -0.530. The van der Waals surface area contributed by atoms with Gasteiger partial charge in [0.25, 0.3) is 5.91 Å². The maximum Gasteiger partial charge on any atom is 0.255 e. The van der Waals surface area contributed by atoms with Gasteiger partial charge >= 0.3 is 0 Å². The molecule has 0 saturated carbocycles. The summed E-state index contributed by atoms with van der Waals surface area (Å²) in [6.07, 6.45) is 0. The van der Waals surface area contributed by atoms with Crippen molar-refractivity contribution in [1.29, 1.82) is 0 Å². The molecule has 4 nitrogen and oxygen atoms in total. The Bertz CT molecular complexity index is 631. The van der Waals surface area contributed by atoms with Gasteiger partial charge in [-0.2, -0.15) is 0 Å². The Kier molecular flexibility index (Phi) is 5.40. The number of benzene rings is 2. The molecule has 1 unspecified atom stereocenters. The second-order valence-electron chi connectivity index (χ2n) is 6.86. The van der Waals surface area contributed by atoms with Crippen molar-refractivity contribution in [2.24, 2.45) is 5.41 Å². The number of carbonyl (C=O) groups excluding carboxylic acids is 1. The lowest BCUT2D eigenvalue weighted by Gasteiger charge is -2.20. The molecular formula is C19H24N2O2. The van der Waals surface area contributed by atoms with Crippen molar-refractivity contribution in [2.45, 2.75) is 26.7 Å². The van der Waals surface area contributed by atoms with E-state index in [0.29, 0.717) is 0 Å². The molecule has 0 aliphatic rings. The lowest BCUT2D eigenvalue weighted by Crippen LogP contribution is -2.27. The number of hydroxylamine groups is 1. The predicted molar refractivity (Wildman–Crippen MR) is 92.6 cm³/mol. The second-order valence-corrected chi connectivity index (χ2v) is 6.86. The standard InChI is InChI=1S/C19H24N2O2/c1-19(2,3)13-20-16-11-9-15(10-12-16)17(18(22)21-23)14-7-5-4-6-8-14/h4-12,17,20,23H,13H2,1-3H3,(H,21,22). The number of hydrogen-bond acceptors (Lipinski definition) is 3. The maximum absolute atomic E-state index is 12.1. The zero-order chi connectivity index (χ0) is 16.9. The number of nitrogens with one attached hydrogen (secondary N) is 2. The molecule has 2 rings (SSSR count). The lowest BCUT2D eigenvalue weighted by atomic mass is 9.90. The Morgan fingerprint density at radius 1 is 1.00 bits per heavy atom. The molecule has 0 radical (unpaired) electrons. The lowest BCUT2D eigenvalue weighted by molar-refractivity contribution is -0.129. The number of amides is 1. The molecule has 0 aromatic heterocycles. The molecule has 1 atom stereocenters. The van der Waals surface area contributed by atoms with Crippen LogP contribution in [0.1, 0.15) is 37.8 Å². The molecule has 122 valence electrons. The van der Waals surface area contributed by atoms with Crippen LogP contribution >= 0.6 is 0 Å². The summed E-state index contributed by atoms with van der Waals surface area (Å²) in [6, 6.07) is 17.2. The van der Waals surface area contributed by atoms with E-state index in [1.54, 1.807) is 5.48 Å². The van der Waals surface area contributed by atoms with E-state index in [4.69, 9.17) is 5.21 Å². The van der Waals surface area contributed by atoms with Crippen molar-refractivity contribution >= 4 is 11.6 Å². The topological polar surface area (TPSA) is 61.4 Å². The molecule has 2 aromatic carbocycles. The van der Waals surface area contributed by atoms with Crippen LogP contribution in [0.4, 0.5) is 5.69 Å². The van der Waals surface area contributed by atoms with E-state index in [1.165, 1.54) is 0 Å². The van der Waals surface area contributed by atoms with Gasteiger partial charge < -0.3 is 5.32 Å². The summed E-state index contributed by atoms with van der Waals surface area (Å²) in [5.74, 6) is -0.968. The molecule has 0 aliphatic heterocycles. The van der Waals surface area contributed by atoms with Crippen molar-refractivity contribution in [3.63, 3.8) is 0 Å². The summed E-state index contributed by atoms with van der Waals surface area (Å²) >= 11 is 0. The minimum Gasteiger partial charge on any atom is -0.385 e. The average molecular weight is 312 g/mol. The zero-order valence-corrected chi connectivity index (χ0v) is 13.8. The van der Waals surface area contributed by atoms with E-state index in [0.717, 1.165) is 23.4 Å². The normalized spacial score (nSPS) is 12.5. The van der Waals surface area contributed by atoms with Crippen LogP contribution < -0.4 is 10.8 Å². The third kappa shape index (κ3) is 4.83. The first-order valence-electron chi connectivity index (χ1n) is 7.73. The SMILES string of the molecule is CC(C)(C)CNc1ccc(C(C(=O)NO)c2ccccc2)cc1. The Hall–Kier alpha value is -2.33. The molecule has 0 fully saturated rings. The highest BCUT2D eigenvalue weighted by molar-refractivity contribution is 5.86. The van der Waals surface area contributed by atoms with Gasteiger partial charge in [0, 0.05) is 12.2 Å². The molecule has 0 aliphatic carbocycles. The Morgan fingerprint density at radius 2 is 1.57 bits per heavy atom. The van der Waals surface area contributed by atoms with Gasteiger partial charge in [0.05, 0.1) is 5.92 Å². The van der Waals surface area contributed by atoms with Crippen molar-refractivity contribution in [3.05, 3.63) is 65.7 Å². The van der Waals surface area contributed by atoms with Crippen molar-refractivity contribution in [2.75, 3.05) is 11.9 Å². The summed E-state index contributed by atoms with van der Waals surface area (Å²) in [6.45, 7) is 7.38. The van der Waals surface area contributed by atoms with Crippen molar-refractivity contribution in [3.8, 4) is 0 Å². The predicted octanol–water partition coefficient (Wildman–Crippen LogP) is 3.78. The summed E-state index contributed by atoms with van der Waals surface area (Å²) in [7, 11) is 0. The van der Waals surface area contributed by atoms with Crippen LogP contribution in [-0.4, -0.2) is 17.7 Å². The molecule has 3 N–H and O–H groups in total. The summed E-state index contributed by atoms with van der Waals surface area (Å²) in [5.41, 5.74) is 4.66. The first-order chi connectivity index (χ1) is 10.9. The average Bonchev–Trinajstić information content (AvgIpc) is 2.54. The Morgan fingerprint density at radius 3 is 2.09 bits per heavy atom. The van der Waals surface area contributed by atoms with Gasteiger partial charge in [-0.05, 0) is 28.7 Å². The van der Waals surface area contributed by atoms with Crippen LogP contribution in [-0.2, 0) is 4.79 Å². The van der Waals surface area contributed by atoms with Crippen LogP contribution in [0.3, 0.4) is 0 Å². The van der Waals surface area contributed by atoms with Gasteiger partial charge in [0.1, 0.15) is 0 Å². The highest BCUT2D eigenvalue weighted by atomic mass is 16.5. The number of hydrogen-bond donors (Lipinski definition) is 3. The second kappa shape index (κ2) is 7.29. The highest BCUT2D eigenvalue weighted by Gasteiger charge is 2.22. The van der Waals surface area contributed by atoms with Crippen LogP contribution in [0.25, 0.3) is 0 Å². The van der Waals surface area contributed by atoms with Gasteiger partial charge in [-0.3, -0.25) is 10.0 Å². The van der Waals surface area contributed by atoms with E-state index in [2.05, 4.69) is 26.1 Å². The van der Waals surface area contributed by atoms with Crippen LogP contribution in [0.2, 0.25) is 0 Å². The monoisotopic (exact) mass is 312 g/mol. The number of anilines is 1. The highest BCUT2D eigenvalue weighted by Crippen LogP contribution is 2.26. The van der Waals surface area contributed by atoms with E-state index < -0.39 is 11.8 Å². The summed E-state index contributed by atoms with van der Waals surface area (Å²) in [5, 5.41) is 12.4. The smallest absolute Gasteiger partial charge is 0.255 e. The molecular weight excluding hydrogens is 288 g/mol. The molecule has 0 saturated heterocycles. The summed E-state index contributed by atoms with van der Waals surface area (Å²) in [4.78, 5) is 12.1. The quantitative estimate of drug-likeness (QED) is 0.581. The van der Waals surface area contributed by atoms with Gasteiger partial charge in [0.2, 0.25) is 0 Å². The third-order valence-electron chi connectivity index (χ3n) is 3.57. The fourth-order valence-electron chi connectivity index (χ4n) is 2.37. The largest absolute Gasteiger partial charge is 0.385 e. The summed E-state index contributed by atoms with van der Waals surface area (Å²) < 4.78 is 0. The molecule has 1 amide bonds. The first kappa shape index (κ1) is 17.0. The Balaban J connectivity index is 2.22. The molecule has 4 heteroatoms. The van der Waals surface area contributed by atoms with Gasteiger partial charge in [0.15, 0.2) is 0 Å². The molecule has 23 heavy (non-hydrogen) atoms. The first-order valence-corrected chi connectivity index (χ1v) is 7.73. The number of carbonyl (C=O) groups is 1. The van der Waals surface area contributed by atoms with E-state index in [-0.39, 0.29) is 5.41 Å². The third-order valence-corrected chi connectivity index (χ3v) is 3.57. The molecule has 0 bridgehead atoms. The maximum atomic E-state index is 12.1. The van der Waals surface area contributed by atoms with Crippen LogP contribution in [0.15, 0.2) is 54.6 Å². The van der Waals surface area contributed by atoms with Gasteiger partial charge in [-0.1, -0.05) is 63.2 Å². The molecule has 0 spiro atoms. The Labute approximate surface area is 137 Å². The van der Waals surface area contributed by atoms with E-state index in [9.17, 15) is 4.79 Å². The van der Waals surface area contributed by atoms with Gasteiger partial charge in [-0.25, -0.2) is 5.48 Å². The minimum absolute atomic E-state index is 0.196. The van der Waals surface area contributed by atoms with E-state index in [1.807, 2.05) is 54.6 Å². The van der Waals surface area contributed by atoms with Crippen molar-refractivity contribution in [1.82, 2.24) is 5.48 Å². The fraction of sp³-hybridized carbons (Fsp3) is 0.316. The fourth-order valence-corrected chi connectivity index (χ4v) is 2.37. The molecule has 0 heterocycles. The van der Waals surface area contributed by atoms with E-state index >= 15 is 0 Å². The van der Waals surface area contributed by atoms with Crippen LogP contribution in [0.5, 0.6) is 0 Å².